The highest BCUT2D eigenvalue weighted by atomic mass is 35.5. The zero-order chi connectivity index (χ0) is 15.2. The molecule has 0 fully saturated rings. The third-order valence-electron chi connectivity index (χ3n) is 3.29. The van der Waals surface area contributed by atoms with Crippen molar-refractivity contribution in [2.75, 3.05) is 6.54 Å². The second-order valence-corrected chi connectivity index (χ2v) is 5.93. The lowest BCUT2D eigenvalue weighted by Gasteiger charge is -2.22. The number of benzene rings is 2. The van der Waals surface area contributed by atoms with Crippen LogP contribution in [0.2, 0.25) is 5.02 Å². The van der Waals surface area contributed by atoms with Gasteiger partial charge in [-0.05, 0) is 36.2 Å². The predicted molar refractivity (Wildman–Crippen MR) is 89.1 cm³/mol. The molecule has 21 heavy (non-hydrogen) atoms. The van der Waals surface area contributed by atoms with E-state index in [1.165, 1.54) is 5.56 Å². The van der Waals surface area contributed by atoms with Crippen molar-refractivity contribution in [2.45, 2.75) is 32.9 Å². The molecule has 0 spiro atoms. The van der Waals surface area contributed by atoms with Gasteiger partial charge in [0.2, 0.25) is 0 Å². The van der Waals surface area contributed by atoms with E-state index < -0.39 is 0 Å². The Morgan fingerprint density at radius 1 is 1.10 bits per heavy atom. The van der Waals surface area contributed by atoms with Gasteiger partial charge in [0, 0.05) is 17.6 Å². The van der Waals surface area contributed by atoms with Gasteiger partial charge in [0.05, 0.1) is 0 Å². The molecule has 2 aromatic carbocycles. The lowest BCUT2D eigenvalue weighted by molar-refractivity contribution is 0.197. The Hall–Kier alpha value is -1.51. The van der Waals surface area contributed by atoms with Crippen LogP contribution in [0.5, 0.6) is 5.75 Å². The van der Waals surface area contributed by atoms with Crippen LogP contribution in [0, 0.1) is 6.92 Å². The topological polar surface area (TPSA) is 21.3 Å². The highest BCUT2D eigenvalue weighted by Crippen LogP contribution is 2.27. The lowest BCUT2D eigenvalue weighted by atomic mass is 10.1. The van der Waals surface area contributed by atoms with E-state index >= 15 is 0 Å². The van der Waals surface area contributed by atoms with E-state index in [0.29, 0.717) is 6.04 Å². The maximum Gasteiger partial charge on any atom is 0.136 e. The van der Waals surface area contributed by atoms with E-state index in [4.69, 9.17) is 16.3 Å². The smallest absolute Gasteiger partial charge is 0.136 e. The third-order valence-corrected chi connectivity index (χ3v) is 3.52. The summed E-state index contributed by atoms with van der Waals surface area (Å²) in [4.78, 5) is 0. The molecule has 2 nitrogen and oxygen atoms in total. The van der Waals surface area contributed by atoms with Gasteiger partial charge in [-0.2, -0.15) is 0 Å². The molecule has 1 unspecified atom stereocenters. The van der Waals surface area contributed by atoms with Gasteiger partial charge in [0.15, 0.2) is 0 Å². The molecule has 2 rings (SSSR count). The highest BCUT2D eigenvalue weighted by Gasteiger charge is 2.14. The van der Waals surface area contributed by atoms with Crippen molar-refractivity contribution in [2.24, 2.45) is 0 Å². The normalized spacial score (nSPS) is 12.4. The van der Waals surface area contributed by atoms with Gasteiger partial charge in [-0.1, -0.05) is 55.8 Å². The van der Waals surface area contributed by atoms with Crippen molar-refractivity contribution in [3.63, 3.8) is 0 Å². The summed E-state index contributed by atoms with van der Waals surface area (Å²) in [6, 6.07) is 16.4. The molecule has 0 heterocycles. The summed E-state index contributed by atoms with van der Waals surface area (Å²) in [5, 5.41) is 4.18. The molecule has 0 aromatic heterocycles. The van der Waals surface area contributed by atoms with Crippen molar-refractivity contribution in [1.82, 2.24) is 5.32 Å². The molecular formula is C18H22ClNO. The Bertz CT molecular complexity index is 569. The summed E-state index contributed by atoms with van der Waals surface area (Å²) >= 11 is 6.01. The zero-order valence-corrected chi connectivity index (χ0v) is 13.5. The minimum Gasteiger partial charge on any atom is -0.484 e. The highest BCUT2D eigenvalue weighted by molar-refractivity contribution is 6.30. The summed E-state index contributed by atoms with van der Waals surface area (Å²) in [7, 11) is 0. The van der Waals surface area contributed by atoms with Crippen molar-refractivity contribution in [3.05, 3.63) is 64.7 Å². The number of ether oxygens (including phenoxy) is 1. The standard InChI is InChI=1S/C18H22ClNO/c1-13(2)20-12-18(15-7-5-4-6-8-15)21-17-10-9-16(19)11-14(17)3/h4-11,13,18,20H,12H2,1-3H3. The first kappa shape index (κ1) is 15.9. The van der Waals surface area contributed by atoms with Gasteiger partial charge < -0.3 is 10.1 Å². The van der Waals surface area contributed by atoms with Crippen LogP contribution in [-0.4, -0.2) is 12.6 Å². The number of halogens is 1. The Labute approximate surface area is 132 Å². The van der Waals surface area contributed by atoms with Crippen LogP contribution >= 0.6 is 11.6 Å². The molecule has 0 amide bonds. The fourth-order valence-corrected chi connectivity index (χ4v) is 2.36. The van der Waals surface area contributed by atoms with E-state index in [0.717, 1.165) is 22.9 Å². The Balaban J connectivity index is 2.19. The molecule has 1 N–H and O–H groups in total. The monoisotopic (exact) mass is 303 g/mol. The summed E-state index contributed by atoms with van der Waals surface area (Å²) in [5.41, 5.74) is 2.22. The van der Waals surface area contributed by atoms with Crippen molar-refractivity contribution in [3.8, 4) is 5.75 Å². The molecule has 0 saturated heterocycles. The summed E-state index contributed by atoms with van der Waals surface area (Å²) < 4.78 is 6.22. The Morgan fingerprint density at radius 2 is 1.81 bits per heavy atom. The van der Waals surface area contributed by atoms with Crippen molar-refractivity contribution < 1.29 is 4.74 Å². The van der Waals surface area contributed by atoms with Gasteiger partial charge in [0.25, 0.3) is 0 Å². The van der Waals surface area contributed by atoms with Crippen LogP contribution in [0.25, 0.3) is 0 Å². The number of hydrogen-bond donors (Lipinski definition) is 1. The Kier molecular flexibility index (Phi) is 5.66. The zero-order valence-electron chi connectivity index (χ0n) is 12.8. The second-order valence-electron chi connectivity index (χ2n) is 5.49. The third kappa shape index (κ3) is 4.76. The summed E-state index contributed by atoms with van der Waals surface area (Å²) in [6.07, 6.45) is -0.0199. The van der Waals surface area contributed by atoms with E-state index in [9.17, 15) is 0 Å². The number of rotatable bonds is 6. The Morgan fingerprint density at radius 3 is 2.43 bits per heavy atom. The first-order valence-corrected chi connectivity index (χ1v) is 7.65. The largest absolute Gasteiger partial charge is 0.484 e. The maximum atomic E-state index is 6.22. The predicted octanol–water partition coefficient (Wildman–Crippen LogP) is 4.77. The minimum absolute atomic E-state index is 0.0199. The molecule has 1 atom stereocenters. The fourth-order valence-electron chi connectivity index (χ4n) is 2.14. The minimum atomic E-state index is -0.0199. The number of nitrogens with one attached hydrogen (secondary N) is 1. The average Bonchev–Trinajstić information content (AvgIpc) is 2.46. The SMILES string of the molecule is Cc1cc(Cl)ccc1OC(CNC(C)C)c1ccccc1. The van der Waals surface area contributed by atoms with Gasteiger partial charge in [-0.25, -0.2) is 0 Å². The van der Waals surface area contributed by atoms with Crippen LogP contribution in [0.1, 0.15) is 31.1 Å². The molecule has 0 aliphatic rings. The van der Waals surface area contributed by atoms with Gasteiger partial charge >= 0.3 is 0 Å². The van der Waals surface area contributed by atoms with Crippen molar-refractivity contribution in [1.29, 1.82) is 0 Å². The molecule has 0 radical (unpaired) electrons. The molecular weight excluding hydrogens is 282 g/mol. The van der Waals surface area contributed by atoms with Crippen LogP contribution in [0.4, 0.5) is 0 Å². The average molecular weight is 304 g/mol. The second kappa shape index (κ2) is 7.48. The first-order chi connectivity index (χ1) is 10.1. The number of hydrogen-bond acceptors (Lipinski definition) is 2. The lowest BCUT2D eigenvalue weighted by Crippen LogP contribution is -2.30. The quantitative estimate of drug-likeness (QED) is 0.830. The fraction of sp³-hybridized carbons (Fsp3) is 0.333. The first-order valence-electron chi connectivity index (χ1n) is 7.27. The molecule has 0 aliphatic carbocycles. The summed E-state index contributed by atoms with van der Waals surface area (Å²) in [6.45, 7) is 7.05. The van der Waals surface area contributed by atoms with Crippen LogP contribution in [0.3, 0.4) is 0 Å². The molecule has 0 bridgehead atoms. The van der Waals surface area contributed by atoms with E-state index in [-0.39, 0.29) is 6.10 Å². The van der Waals surface area contributed by atoms with Crippen molar-refractivity contribution >= 4 is 11.6 Å². The van der Waals surface area contributed by atoms with Gasteiger partial charge in [-0.15, -0.1) is 0 Å². The van der Waals surface area contributed by atoms with Crippen LogP contribution in [0.15, 0.2) is 48.5 Å². The molecule has 2 aromatic rings. The van der Waals surface area contributed by atoms with Gasteiger partial charge in [0.1, 0.15) is 11.9 Å². The van der Waals surface area contributed by atoms with Gasteiger partial charge in [-0.3, -0.25) is 0 Å². The molecule has 112 valence electrons. The van der Waals surface area contributed by atoms with E-state index in [2.05, 4.69) is 31.3 Å². The maximum absolute atomic E-state index is 6.22. The van der Waals surface area contributed by atoms with E-state index in [1.807, 2.05) is 43.3 Å². The number of aryl methyl sites for hydroxylation is 1. The molecule has 0 aliphatic heterocycles. The molecule has 3 heteroatoms. The van der Waals surface area contributed by atoms with E-state index in [1.54, 1.807) is 0 Å². The summed E-state index contributed by atoms with van der Waals surface area (Å²) in [5.74, 6) is 0.874. The van der Waals surface area contributed by atoms with Crippen LogP contribution in [-0.2, 0) is 0 Å². The van der Waals surface area contributed by atoms with Crippen LogP contribution < -0.4 is 10.1 Å². The molecule has 0 saturated carbocycles.